The van der Waals surface area contributed by atoms with Crippen molar-refractivity contribution in [1.29, 1.82) is 0 Å². The number of hydrogen-bond acceptors (Lipinski definition) is 2. The molecule has 118 valence electrons. The third-order valence-corrected chi connectivity index (χ3v) is 3.68. The maximum atomic E-state index is 11.3. The van der Waals surface area contributed by atoms with Gasteiger partial charge in [0.05, 0.1) is 0 Å². The Bertz CT molecular complexity index is 238. The van der Waals surface area contributed by atoms with Crippen LogP contribution in [-0.2, 0) is 9.59 Å². The number of nitrogens with one attached hydrogen (secondary N) is 2. The molecule has 0 heterocycles. The smallest absolute Gasteiger partial charge is 0.220 e. The fourth-order valence-electron chi connectivity index (χ4n) is 1.83. The lowest BCUT2D eigenvalue weighted by Gasteiger charge is -2.04. The second-order valence-corrected chi connectivity index (χ2v) is 6.29. The largest absolute Gasteiger partial charge is 0.355 e. The summed E-state index contributed by atoms with van der Waals surface area (Å²) in [6, 6.07) is 0. The second-order valence-electron chi connectivity index (χ2n) is 4.70. The molecule has 0 saturated carbocycles. The molecule has 0 bridgehead atoms. The molecule has 0 rings (SSSR count). The van der Waals surface area contributed by atoms with Crippen LogP contribution in [0.15, 0.2) is 0 Å². The maximum Gasteiger partial charge on any atom is 0.220 e. The van der Waals surface area contributed by atoms with E-state index >= 15 is 0 Å². The zero-order valence-electron chi connectivity index (χ0n) is 12.1. The highest BCUT2D eigenvalue weighted by Gasteiger charge is 2.01. The minimum atomic E-state index is 0.146. The number of alkyl halides is 2. The number of carbonyl (C=O) groups is 2. The van der Waals surface area contributed by atoms with Crippen LogP contribution >= 0.6 is 31.9 Å². The Labute approximate surface area is 139 Å². The predicted octanol–water partition coefficient (Wildman–Crippen LogP) is 3.13. The summed E-state index contributed by atoms with van der Waals surface area (Å²) < 4.78 is 0. The standard InChI is InChI=1S/C14H26Br2N2O2/c15-9-11-17-13(19)7-5-3-1-2-4-6-8-14(20)18-12-10-16/h1-12H2,(H,17,19)(H,18,20). The van der Waals surface area contributed by atoms with Crippen molar-refractivity contribution in [3.05, 3.63) is 0 Å². The number of unbranched alkanes of at least 4 members (excludes halogenated alkanes) is 5. The lowest BCUT2D eigenvalue weighted by Crippen LogP contribution is -2.24. The minimum Gasteiger partial charge on any atom is -0.355 e. The molecule has 4 nitrogen and oxygen atoms in total. The van der Waals surface area contributed by atoms with E-state index in [0.29, 0.717) is 25.9 Å². The molecule has 6 heteroatoms. The van der Waals surface area contributed by atoms with Crippen molar-refractivity contribution in [1.82, 2.24) is 10.6 Å². The first-order chi connectivity index (χ1) is 9.70. The van der Waals surface area contributed by atoms with Crippen molar-refractivity contribution in [2.24, 2.45) is 0 Å². The van der Waals surface area contributed by atoms with Gasteiger partial charge in [-0.1, -0.05) is 57.5 Å². The van der Waals surface area contributed by atoms with Crippen molar-refractivity contribution in [2.75, 3.05) is 23.7 Å². The van der Waals surface area contributed by atoms with Crippen LogP contribution in [0.2, 0.25) is 0 Å². The van der Waals surface area contributed by atoms with Gasteiger partial charge in [0.1, 0.15) is 0 Å². The third-order valence-electron chi connectivity index (χ3n) is 2.89. The molecule has 0 aliphatic carbocycles. The van der Waals surface area contributed by atoms with Crippen LogP contribution in [0, 0.1) is 0 Å². The van der Waals surface area contributed by atoms with Crippen LogP contribution < -0.4 is 10.6 Å². The highest BCUT2D eigenvalue weighted by Crippen LogP contribution is 2.08. The molecule has 0 aliphatic heterocycles. The number of carbonyl (C=O) groups excluding carboxylic acids is 2. The van der Waals surface area contributed by atoms with Crippen LogP contribution in [0.4, 0.5) is 0 Å². The Kier molecular flexibility index (Phi) is 15.2. The second kappa shape index (κ2) is 15.3. The molecule has 0 unspecified atom stereocenters. The third kappa shape index (κ3) is 14.3. The fourth-order valence-corrected chi connectivity index (χ4v) is 2.22. The van der Waals surface area contributed by atoms with E-state index in [-0.39, 0.29) is 11.8 Å². The van der Waals surface area contributed by atoms with E-state index in [1.165, 1.54) is 0 Å². The first-order valence-electron chi connectivity index (χ1n) is 7.36. The van der Waals surface area contributed by atoms with Crippen molar-refractivity contribution in [3.8, 4) is 0 Å². The molecule has 0 aliphatic rings. The topological polar surface area (TPSA) is 58.2 Å². The quantitative estimate of drug-likeness (QED) is 0.360. The van der Waals surface area contributed by atoms with Gasteiger partial charge < -0.3 is 10.6 Å². The summed E-state index contributed by atoms with van der Waals surface area (Å²) in [4.78, 5) is 22.6. The highest BCUT2D eigenvalue weighted by molar-refractivity contribution is 9.09. The molecule has 20 heavy (non-hydrogen) atoms. The molecule has 2 N–H and O–H groups in total. The molecule has 0 saturated heterocycles. The summed E-state index contributed by atoms with van der Waals surface area (Å²) in [7, 11) is 0. The number of amides is 2. The molecular formula is C14H26Br2N2O2. The van der Waals surface area contributed by atoms with Crippen molar-refractivity contribution in [2.45, 2.75) is 51.4 Å². The number of halogens is 2. The van der Waals surface area contributed by atoms with E-state index in [2.05, 4.69) is 42.5 Å². The minimum absolute atomic E-state index is 0.146. The van der Waals surface area contributed by atoms with Gasteiger partial charge in [0.15, 0.2) is 0 Å². The van der Waals surface area contributed by atoms with Gasteiger partial charge in [-0.3, -0.25) is 9.59 Å². The Hall–Kier alpha value is -0.100. The fraction of sp³-hybridized carbons (Fsp3) is 0.857. The summed E-state index contributed by atoms with van der Waals surface area (Å²) in [6.45, 7) is 1.41. The highest BCUT2D eigenvalue weighted by atomic mass is 79.9. The summed E-state index contributed by atoms with van der Waals surface area (Å²) in [5, 5.41) is 7.29. The molecule has 0 aromatic carbocycles. The monoisotopic (exact) mass is 412 g/mol. The number of hydrogen-bond donors (Lipinski definition) is 2. The average Bonchev–Trinajstić information content (AvgIpc) is 2.45. The van der Waals surface area contributed by atoms with Gasteiger partial charge in [0.25, 0.3) is 0 Å². The SMILES string of the molecule is O=C(CCCCCCCCC(=O)NCCBr)NCCBr. The van der Waals surface area contributed by atoms with E-state index in [9.17, 15) is 9.59 Å². The molecule has 0 aromatic heterocycles. The van der Waals surface area contributed by atoms with Gasteiger partial charge in [-0.15, -0.1) is 0 Å². The zero-order valence-corrected chi connectivity index (χ0v) is 15.2. The molecule has 0 aromatic rings. The van der Waals surface area contributed by atoms with Crippen LogP contribution in [0.25, 0.3) is 0 Å². The average molecular weight is 414 g/mol. The van der Waals surface area contributed by atoms with E-state index in [0.717, 1.165) is 49.2 Å². The molecule has 0 fully saturated rings. The van der Waals surface area contributed by atoms with Gasteiger partial charge in [0.2, 0.25) is 11.8 Å². The molecule has 0 spiro atoms. The van der Waals surface area contributed by atoms with Crippen molar-refractivity contribution in [3.63, 3.8) is 0 Å². The van der Waals surface area contributed by atoms with Crippen LogP contribution in [0.5, 0.6) is 0 Å². The van der Waals surface area contributed by atoms with Crippen molar-refractivity contribution < 1.29 is 9.59 Å². The molecule has 0 radical (unpaired) electrons. The zero-order chi connectivity index (χ0) is 15.1. The van der Waals surface area contributed by atoms with Gasteiger partial charge in [-0.25, -0.2) is 0 Å². The van der Waals surface area contributed by atoms with E-state index in [4.69, 9.17) is 0 Å². The molecular weight excluding hydrogens is 388 g/mol. The van der Waals surface area contributed by atoms with Crippen molar-refractivity contribution >= 4 is 43.7 Å². The normalized spacial score (nSPS) is 10.3. The molecule has 0 atom stereocenters. The summed E-state index contributed by atoms with van der Waals surface area (Å²) >= 11 is 6.55. The predicted molar refractivity (Wildman–Crippen MR) is 90.5 cm³/mol. The van der Waals surface area contributed by atoms with Gasteiger partial charge >= 0.3 is 0 Å². The van der Waals surface area contributed by atoms with Crippen LogP contribution in [-0.4, -0.2) is 35.6 Å². The number of rotatable bonds is 13. The van der Waals surface area contributed by atoms with E-state index in [1.807, 2.05) is 0 Å². The van der Waals surface area contributed by atoms with Gasteiger partial charge in [-0.05, 0) is 12.8 Å². The van der Waals surface area contributed by atoms with Gasteiger partial charge in [-0.2, -0.15) is 0 Å². The Morgan fingerprint density at radius 3 is 1.35 bits per heavy atom. The molecule has 2 amide bonds. The van der Waals surface area contributed by atoms with E-state index in [1.54, 1.807) is 0 Å². The summed E-state index contributed by atoms with van der Waals surface area (Å²) in [5.41, 5.74) is 0. The first-order valence-corrected chi connectivity index (χ1v) is 9.60. The Morgan fingerprint density at radius 1 is 0.650 bits per heavy atom. The Morgan fingerprint density at radius 2 is 1.00 bits per heavy atom. The van der Waals surface area contributed by atoms with Crippen LogP contribution in [0.1, 0.15) is 51.4 Å². The van der Waals surface area contributed by atoms with Gasteiger partial charge in [0, 0.05) is 36.6 Å². The Balaban J connectivity index is 3.20. The summed E-state index contributed by atoms with van der Waals surface area (Å²) in [6.07, 6.45) is 7.65. The summed E-state index contributed by atoms with van der Waals surface area (Å²) in [5.74, 6) is 0.292. The van der Waals surface area contributed by atoms with E-state index < -0.39 is 0 Å². The first kappa shape index (κ1) is 19.9. The lowest BCUT2D eigenvalue weighted by atomic mass is 10.1. The van der Waals surface area contributed by atoms with Crippen LogP contribution in [0.3, 0.4) is 0 Å². The maximum absolute atomic E-state index is 11.3. The lowest BCUT2D eigenvalue weighted by molar-refractivity contribution is -0.121.